The highest BCUT2D eigenvalue weighted by Crippen LogP contribution is 2.29. The summed E-state index contributed by atoms with van der Waals surface area (Å²) in [7, 11) is 0. The molecule has 1 amide bonds. The minimum absolute atomic E-state index is 0.245. The molecule has 0 bridgehead atoms. The van der Waals surface area contributed by atoms with Gasteiger partial charge in [0.05, 0.1) is 0 Å². The number of hydrogen-bond acceptors (Lipinski definition) is 6. The van der Waals surface area contributed by atoms with E-state index in [4.69, 9.17) is 11.6 Å². The monoisotopic (exact) mass is 475 g/mol. The number of anilines is 2. The van der Waals surface area contributed by atoms with Crippen LogP contribution in [0.2, 0.25) is 5.02 Å². The highest BCUT2D eigenvalue weighted by molar-refractivity contribution is 7.22. The Morgan fingerprint density at radius 3 is 2.50 bits per heavy atom. The first-order valence-electron chi connectivity index (χ1n) is 10.7. The molecule has 0 aliphatic carbocycles. The van der Waals surface area contributed by atoms with Crippen LogP contribution < -0.4 is 21.5 Å². The van der Waals surface area contributed by atoms with Crippen LogP contribution in [0.15, 0.2) is 33.9 Å². The fourth-order valence-electron chi connectivity index (χ4n) is 3.85. The maximum absolute atomic E-state index is 13.2. The Balaban J connectivity index is 1.74. The van der Waals surface area contributed by atoms with Gasteiger partial charge in [-0.05, 0) is 56.9 Å². The highest BCUT2D eigenvalue weighted by Gasteiger charge is 2.24. The van der Waals surface area contributed by atoms with Gasteiger partial charge in [-0.1, -0.05) is 29.9 Å². The van der Waals surface area contributed by atoms with Crippen molar-refractivity contribution in [1.29, 1.82) is 0 Å². The van der Waals surface area contributed by atoms with Gasteiger partial charge >= 0.3 is 5.69 Å². The van der Waals surface area contributed by atoms with E-state index in [1.54, 1.807) is 38.1 Å². The van der Waals surface area contributed by atoms with Gasteiger partial charge in [-0.15, -0.1) is 0 Å². The molecular weight excluding hydrogens is 450 g/mol. The minimum Gasteiger partial charge on any atom is -0.348 e. The van der Waals surface area contributed by atoms with E-state index in [2.05, 4.69) is 22.1 Å². The third kappa shape index (κ3) is 4.45. The molecule has 1 aliphatic rings. The molecule has 0 unspecified atom stereocenters. The standard InChI is InChI=1S/C22H26ClN5O3S/c1-13(2)28-20(30)18-19(25-21(32-18)26-10-8-14(3)9-11-26)27(22(28)31)12-17(29)24-16-6-4-15(23)5-7-16/h4-7,13-14H,8-12H2,1-3H3,(H,24,29). The molecule has 8 nitrogen and oxygen atoms in total. The third-order valence-corrected chi connectivity index (χ3v) is 7.05. The zero-order valence-electron chi connectivity index (χ0n) is 18.3. The van der Waals surface area contributed by atoms with Crippen molar-refractivity contribution in [2.45, 2.75) is 46.2 Å². The number of hydrogen-bond donors (Lipinski definition) is 1. The molecule has 1 aliphatic heterocycles. The van der Waals surface area contributed by atoms with Gasteiger partial charge in [0.2, 0.25) is 5.91 Å². The average molecular weight is 476 g/mol. The molecule has 3 aromatic rings. The van der Waals surface area contributed by atoms with Crippen molar-refractivity contribution in [2.75, 3.05) is 23.3 Å². The lowest BCUT2D eigenvalue weighted by Crippen LogP contribution is -2.42. The molecular formula is C22H26ClN5O3S. The van der Waals surface area contributed by atoms with Crippen molar-refractivity contribution < 1.29 is 4.79 Å². The van der Waals surface area contributed by atoms with Crippen molar-refractivity contribution in [1.82, 2.24) is 14.1 Å². The molecule has 1 N–H and O–H groups in total. The van der Waals surface area contributed by atoms with Crippen molar-refractivity contribution in [3.8, 4) is 0 Å². The second-order valence-corrected chi connectivity index (χ2v) is 9.93. The van der Waals surface area contributed by atoms with Crippen LogP contribution in [0.5, 0.6) is 0 Å². The van der Waals surface area contributed by atoms with Crippen molar-refractivity contribution in [2.24, 2.45) is 5.92 Å². The highest BCUT2D eigenvalue weighted by atomic mass is 35.5. The predicted molar refractivity (Wildman–Crippen MR) is 129 cm³/mol. The molecule has 0 saturated carbocycles. The zero-order valence-corrected chi connectivity index (χ0v) is 19.9. The number of rotatable bonds is 5. The van der Waals surface area contributed by atoms with E-state index in [0.717, 1.165) is 31.1 Å². The molecule has 1 fully saturated rings. The first kappa shape index (κ1) is 22.5. The van der Waals surface area contributed by atoms with Gasteiger partial charge in [-0.25, -0.2) is 9.78 Å². The lowest BCUT2D eigenvalue weighted by atomic mass is 10.00. The molecule has 0 radical (unpaired) electrons. The lowest BCUT2D eigenvalue weighted by molar-refractivity contribution is -0.116. The number of carbonyl (C=O) groups is 1. The smallest absolute Gasteiger partial charge is 0.333 e. The summed E-state index contributed by atoms with van der Waals surface area (Å²) in [6.07, 6.45) is 2.12. The van der Waals surface area contributed by atoms with Gasteiger partial charge in [0.15, 0.2) is 10.8 Å². The molecule has 32 heavy (non-hydrogen) atoms. The van der Waals surface area contributed by atoms with Crippen LogP contribution in [0.3, 0.4) is 0 Å². The van der Waals surface area contributed by atoms with Crippen LogP contribution in [0.25, 0.3) is 10.3 Å². The number of nitrogens with one attached hydrogen (secondary N) is 1. The Labute approximate surface area is 194 Å². The van der Waals surface area contributed by atoms with Crippen LogP contribution in [-0.2, 0) is 11.3 Å². The fourth-order valence-corrected chi connectivity index (χ4v) is 5.04. The van der Waals surface area contributed by atoms with Gasteiger partial charge in [-0.2, -0.15) is 0 Å². The molecule has 0 atom stereocenters. The fraction of sp³-hybridized carbons (Fsp3) is 0.455. The number of nitrogens with zero attached hydrogens (tertiary/aromatic N) is 4. The van der Waals surface area contributed by atoms with Crippen molar-refractivity contribution in [3.05, 3.63) is 50.1 Å². The Morgan fingerprint density at radius 1 is 1.22 bits per heavy atom. The largest absolute Gasteiger partial charge is 0.348 e. The van der Waals surface area contributed by atoms with Gasteiger partial charge in [-0.3, -0.25) is 18.7 Å². The summed E-state index contributed by atoms with van der Waals surface area (Å²) in [6.45, 7) is 7.27. The van der Waals surface area contributed by atoms with Gasteiger partial charge in [0.25, 0.3) is 5.56 Å². The molecule has 170 valence electrons. The van der Waals surface area contributed by atoms with Crippen molar-refractivity contribution >= 4 is 50.0 Å². The molecule has 1 aromatic carbocycles. The third-order valence-electron chi connectivity index (χ3n) is 5.70. The molecule has 2 aromatic heterocycles. The first-order valence-corrected chi connectivity index (χ1v) is 11.9. The van der Waals surface area contributed by atoms with E-state index in [-0.39, 0.29) is 29.7 Å². The second-order valence-electron chi connectivity index (χ2n) is 8.51. The van der Waals surface area contributed by atoms with Gasteiger partial charge in [0, 0.05) is 29.8 Å². The Hall–Kier alpha value is -2.65. The number of aromatic nitrogens is 3. The van der Waals surface area contributed by atoms with E-state index in [0.29, 0.717) is 21.3 Å². The minimum atomic E-state index is -0.534. The normalized spacial score (nSPS) is 15.0. The van der Waals surface area contributed by atoms with E-state index in [1.165, 1.54) is 20.5 Å². The van der Waals surface area contributed by atoms with Crippen molar-refractivity contribution in [3.63, 3.8) is 0 Å². The predicted octanol–water partition coefficient (Wildman–Crippen LogP) is 3.73. The van der Waals surface area contributed by atoms with E-state index >= 15 is 0 Å². The molecule has 1 saturated heterocycles. The number of fused-ring (bicyclic) bond motifs is 1. The van der Waals surface area contributed by atoms with E-state index in [1.807, 2.05) is 0 Å². The average Bonchev–Trinajstić information content (AvgIpc) is 3.19. The van der Waals surface area contributed by atoms with Crippen LogP contribution in [0.1, 0.15) is 39.7 Å². The molecule has 3 heterocycles. The quantitative estimate of drug-likeness (QED) is 0.607. The molecule has 10 heteroatoms. The number of carbonyl (C=O) groups excluding carboxylic acids is 1. The van der Waals surface area contributed by atoms with Gasteiger partial charge in [0.1, 0.15) is 11.2 Å². The summed E-state index contributed by atoms with van der Waals surface area (Å²) in [5.74, 6) is 0.277. The SMILES string of the molecule is CC1CCN(c2nc3c(s2)c(=O)n(C(C)C)c(=O)n3CC(=O)Nc2ccc(Cl)cc2)CC1. The summed E-state index contributed by atoms with van der Waals surface area (Å²) in [5, 5.41) is 4.05. The van der Waals surface area contributed by atoms with Gasteiger partial charge < -0.3 is 10.2 Å². The van der Waals surface area contributed by atoms with Crippen LogP contribution >= 0.6 is 22.9 Å². The zero-order chi connectivity index (χ0) is 23.0. The van der Waals surface area contributed by atoms with Crippen LogP contribution in [0, 0.1) is 5.92 Å². The molecule has 4 rings (SSSR count). The number of benzene rings is 1. The summed E-state index contributed by atoms with van der Waals surface area (Å²) in [5.41, 5.74) is -0.0552. The number of thiazole rings is 1. The first-order chi connectivity index (χ1) is 15.2. The topological polar surface area (TPSA) is 89.2 Å². The maximum atomic E-state index is 13.2. The Bertz CT molecular complexity index is 1250. The van der Waals surface area contributed by atoms with Crippen LogP contribution in [-0.4, -0.2) is 33.1 Å². The summed E-state index contributed by atoms with van der Waals surface area (Å²) < 4.78 is 2.89. The Morgan fingerprint density at radius 2 is 1.88 bits per heavy atom. The number of piperidine rings is 1. The summed E-state index contributed by atoms with van der Waals surface area (Å²) in [4.78, 5) is 45.8. The summed E-state index contributed by atoms with van der Waals surface area (Å²) in [6, 6.07) is 6.38. The number of amides is 1. The molecule has 0 spiro atoms. The lowest BCUT2D eigenvalue weighted by Gasteiger charge is -2.29. The number of halogens is 1. The second kappa shape index (κ2) is 9.07. The van der Waals surface area contributed by atoms with Crippen LogP contribution in [0.4, 0.5) is 10.8 Å². The Kier molecular flexibility index (Phi) is 6.39. The van der Waals surface area contributed by atoms with E-state index < -0.39 is 5.69 Å². The maximum Gasteiger partial charge on any atom is 0.333 e. The summed E-state index contributed by atoms with van der Waals surface area (Å²) >= 11 is 7.19. The van der Waals surface area contributed by atoms with E-state index in [9.17, 15) is 14.4 Å².